The van der Waals surface area contributed by atoms with Crippen LogP contribution in [0.5, 0.6) is 0 Å². The SMILES string of the molecule is CN(CCCC(=N)N)c1cccc(F)c1. The number of nitrogens with two attached hydrogens (primary N) is 1. The molecule has 0 aliphatic rings. The number of halogens is 1. The van der Waals surface area contributed by atoms with Gasteiger partial charge in [-0.15, -0.1) is 0 Å². The van der Waals surface area contributed by atoms with Gasteiger partial charge in [-0.3, -0.25) is 5.41 Å². The van der Waals surface area contributed by atoms with Gasteiger partial charge in [0, 0.05) is 25.7 Å². The van der Waals surface area contributed by atoms with Gasteiger partial charge in [-0.1, -0.05) is 6.07 Å². The topological polar surface area (TPSA) is 53.1 Å². The Balaban J connectivity index is 2.46. The van der Waals surface area contributed by atoms with Gasteiger partial charge in [0.15, 0.2) is 0 Å². The Morgan fingerprint density at radius 1 is 1.53 bits per heavy atom. The molecule has 0 aliphatic heterocycles. The highest BCUT2D eigenvalue weighted by Crippen LogP contribution is 2.14. The van der Waals surface area contributed by atoms with Crippen molar-refractivity contribution in [1.29, 1.82) is 5.41 Å². The second-order valence-corrected chi connectivity index (χ2v) is 3.53. The van der Waals surface area contributed by atoms with E-state index in [1.807, 2.05) is 18.0 Å². The molecule has 0 radical (unpaired) electrons. The zero-order valence-electron chi connectivity index (χ0n) is 8.83. The summed E-state index contributed by atoms with van der Waals surface area (Å²) in [5.41, 5.74) is 6.09. The quantitative estimate of drug-likeness (QED) is 0.575. The number of nitrogens with one attached hydrogen (secondary N) is 1. The summed E-state index contributed by atoms with van der Waals surface area (Å²) in [7, 11) is 1.90. The minimum Gasteiger partial charge on any atom is -0.388 e. The molecule has 0 saturated carbocycles. The first-order valence-corrected chi connectivity index (χ1v) is 4.89. The first-order valence-electron chi connectivity index (χ1n) is 4.89. The van der Waals surface area contributed by atoms with Gasteiger partial charge >= 0.3 is 0 Å². The van der Waals surface area contributed by atoms with E-state index in [0.717, 1.165) is 18.7 Å². The summed E-state index contributed by atoms with van der Waals surface area (Å²) in [6, 6.07) is 6.46. The first kappa shape index (κ1) is 11.5. The number of hydrogen-bond donors (Lipinski definition) is 2. The molecule has 0 aromatic heterocycles. The summed E-state index contributed by atoms with van der Waals surface area (Å²) >= 11 is 0. The van der Waals surface area contributed by atoms with Gasteiger partial charge in [0.05, 0.1) is 5.84 Å². The van der Waals surface area contributed by atoms with Crippen LogP contribution in [0.25, 0.3) is 0 Å². The Kier molecular flexibility index (Phi) is 4.09. The first-order chi connectivity index (χ1) is 7.09. The third kappa shape index (κ3) is 3.97. The summed E-state index contributed by atoms with van der Waals surface area (Å²) < 4.78 is 12.9. The van der Waals surface area contributed by atoms with Crippen LogP contribution in [0.2, 0.25) is 0 Å². The monoisotopic (exact) mass is 209 g/mol. The average Bonchev–Trinajstić information content (AvgIpc) is 2.17. The standard InChI is InChI=1S/C11H16FN3/c1-15(7-3-6-11(13)14)10-5-2-4-9(12)8-10/h2,4-5,8H,3,6-7H2,1H3,(H3,13,14). The minimum atomic E-state index is -0.231. The number of nitrogens with zero attached hydrogens (tertiary/aromatic N) is 1. The van der Waals surface area contributed by atoms with Crippen LogP contribution in [0.1, 0.15) is 12.8 Å². The molecule has 0 heterocycles. The number of amidine groups is 1. The summed E-state index contributed by atoms with van der Waals surface area (Å²) in [6.07, 6.45) is 1.39. The highest BCUT2D eigenvalue weighted by Gasteiger charge is 2.01. The molecular formula is C11H16FN3. The minimum absolute atomic E-state index is 0.197. The van der Waals surface area contributed by atoms with Crippen molar-refractivity contribution in [2.24, 2.45) is 5.73 Å². The molecule has 0 fully saturated rings. The van der Waals surface area contributed by atoms with Crippen molar-refractivity contribution in [3.63, 3.8) is 0 Å². The van der Waals surface area contributed by atoms with E-state index in [0.29, 0.717) is 6.42 Å². The van der Waals surface area contributed by atoms with E-state index in [-0.39, 0.29) is 11.7 Å². The van der Waals surface area contributed by atoms with Crippen LogP contribution in [-0.4, -0.2) is 19.4 Å². The molecule has 4 heteroatoms. The van der Waals surface area contributed by atoms with Gasteiger partial charge in [0.1, 0.15) is 5.82 Å². The molecule has 0 spiro atoms. The van der Waals surface area contributed by atoms with Crippen molar-refractivity contribution >= 4 is 11.5 Å². The van der Waals surface area contributed by atoms with Crippen molar-refractivity contribution in [3.05, 3.63) is 30.1 Å². The Morgan fingerprint density at radius 2 is 2.27 bits per heavy atom. The third-order valence-corrected chi connectivity index (χ3v) is 2.19. The van der Waals surface area contributed by atoms with Crippen molar-refractivity contribution in [2.75, 3.05) is 18.5 Å². The lowest BCUT2D eigenvalue weighted by Crippen LogP contribution is -2.20. The smallest absolute Gasteiger partial charge is 0.125 e. The Hall–Kier alpha value is -1.58. The molecule has 3 N–H and O–H groups in total. The van der Waals surface area contributed by atoms with Crippen LogP contribution in [0.15, 0.2) is 24.3 Å². The van der Waals surface area contributed by atoms with E-state index in [9.17, 15) is 4.39 Å². The van der Waals surface area contributed by atoms with Crippen molar-refractivity contribution in [1.82, 2.24) is 0 Å². The Labute approximate surface area is 89.2 Å². The van der Waals surface area contributed by atoms with Crippen LogP contribution in [0.3, 0.4) is 0 Å². The van der Waals surface area contributed by atoms with Crippen LogP contribution in [0.4, 0.5) is 10.1 Å². The van der Waals surface area contributed by atoms with E-state index in [1.165, 1.54) is 12.1 Å². The molecule has 15 heavy (non-hydrogen) atoms. The molecule has 0 unspecified atom stereocenters. The fourth-order valence-corrected chi connectivity index (χ4v) is 1.35. The van der Waals surface area contributed by atoms with Gasteiger partial charge in [-0.05, 0) is 24.6 Å². The highest BCUT2D eigenvalue weighted by molar-refractivity contribution is 5.76. The molecule has 0 bridgehead atoms. The fourth-order valence-electron chi connectivity index (χ4n) is 1.35. The van der Waals surface area contributed by atoms with Crippen LogP contribution >= 0.6 is 0 Å². The Bertz CT molecular complexity index is 338. The predicted octanol–water partition coefficient (Wildman–Crippen LogP) is 1.98. The Morgan fingerprint density at radius 3 is 2.87 bits per heavy atom. The lowest BCUT2D eigenvalue weighted by atomic mass is 10.2. The van der Waals surface area contributed by atoms with Crippen molar-refractivity contribution in [3.8, 4) is 0 Å². The normalized spacial score (nSPS) is 10.0. The predicted molar refractivity (Wildman–Crippen MR) is 60.8 cm³/mol. The number of benzene rings is 1. The van der Waals surface area contributed by atoms with E-state index < -0.39 is 0 Å². The molecule has 0 amide bonds. The largest absolute Gasteiger partial charge is 0.388 e. The third-order valence-electron chi connectivity index (χ3n) is 2.19. The van der Waals surface area contributed by atoms with Crippen LogP contribution in [-0.2, 0) is 0 Å². The zero-order chi connectivity index (χ0) is 11.3. The van der Waals surface area contributed by atoms with Gasteiger partial charge in [0.2, 0.25) is 0 Å². The van der Waals surface area contributed by atoms with Gasteiger partial charge in [-0.2, -0.15) is 0 Å². The molecule has 3 nitrogen and oxygen atoms in total. The fraction of sp³-hybridized carbons (Fsp3) is 0.364. The molecule has 1 rings (SSSR count). The number of hydrogen-bond acceptors (Lipinski definition) is 2. The second-order valence-electron chi connectivity index (χ2n) is 3.53. The maximum absolute atomic E-state index is 12.9. The highest BCUT2D eigenvalue weighted by atomic mass is 19.1. The summed E-state index contributed by atoms with van der Waals surface area (Å²) in [5.74, 6) is -0.0337. The molecule has 0 atom stereocenters. The second kappa shape index (κ2) is 5.34. The molecule has 1 aromatic rings. The van der Waals surface area contributed by atoms with E-state index >= 15 is 0 Å². The van der Waals surface area contributed by atoms with Crippen molar-refractivity contribution in [2.45, 2.75) is 12.8 Å². The van der Waals surface area contributed by atoms with Crippen LogP contribution < -0.4 is 10.6 Å². The summed E-state index contributed by atoms with van der Waals surface area (Å²) in [5, 5.41) is 7.08. The van der Waals surface area contributed by atoms with Gasteiger partial charge in [-0.25, -0.2) is 4.39 Å². The molecule has 82 valence electrons. The zero-order valence-corrected chi connectivity index (χ0v) is 8.83. The van der Waals surface area contributed by atoms with Crippen molar-refractivity contribution < 1.29 is 4.39 Å². The van der Waals surface area contributed by atoms with E-state index in [1.54, 1.807) is 6.07 Å². The summed E-state index contributed by atoms with van der Waals surface area (Å²) in [6.45, 7) is 0.767. The molecule has 0 aliphatic carbocycles. The van der Waals surface area contributed by atoms with Gasteiger partial charge in [0.25, 0.3) is 0 Å². The summed E-state index contributed by atoms with van der Waals surface area (Å²) in [4.78, 5) is 1.95. The molecule has 0 saturated heterocycles. The molecular weight excluding hydrogens is 193 g/mol. The average molecular weight is 209 g/mol. The van der Waals surface area contributed by atoms with Crippen LogP contribution in [0, 0.1) is 11.2 Å². The number of rotatable bonds is 5. The van der Waals surface area contributed by atoms with E-state index in [2.05, 4.69) is 0 Å². The molecule has 1 aromatic carbocycles. The number of anilines is 1. The van der Waals surface area contributed by atoms with E-state index in [4.69, 9.17) is 11.1 Å². The maximum atomic E-state index is 12.9. The lowest BCUT2D eigenvalue weighted by Gasteiger charge is -2.18. The van der Waals surface area contributed by atoms with Gasteiger partial charge < -0.3 is 10.6 Å². The maximum Gasteiger partial charge on any atom is 0.125 e. The lowest BCUT2D eigenvalue weighted by molar-refractivity contribution is 0.627.